The molecule has 0 aliphatic heterocycles. The fraction of sp³-hybridized carbons (Fsp3) is 0.462. The third-order valence-electron chi connectivity index (χ3n) is 10.5. The average Bonchev–Trinajstić information content (AvgIpc) is 3.21. The molecule has 0 aliphatic carbocycles. The van der Waals surface area contributed by atoms with E-state index >= 15 is 0 Å². The van der Waals surface area contributed by atoms with Gasteiger partial charge in [-0.25, -0.2) is 0 Å². The minimum absolute atomic E-state index is 0.00525. The third kappa shape index (κ3) is 15.0. The highest BCUT2D eigenvalue weighted by molar-refractivity contribution is 5.83. The smallest absolute Gasteiger partial charge is 0.313 e. The number of aromatic hydroxyl groups is 4. The van der Waals surface area contributed by atoms with Gasteiger partial charge in [0.15, 0.2) is 35.6 Å². The highest BCUT2D eigenvalue weighted by atomic mass is 16.5. The lowest BCUT2D eigenvalue weighted by Gasteiger charge is -2.22. The van der Waals surface area contributed by atoms with Gasteiger partial charge in [0, 0.05) is 28.3 Å². The molecule has 0 saturated heterocycles. The Hall–Kier alpha value is -6.12. The van der Waals surface area contributed by atoms with Crippen molar-refractivity contribution in [2.24, 2.45) is 0 Å². The Morgan fingerprint density at radius 1 is 0.485 bits per heavy atom. The molecule has 14 heteroatoms. The Kier molecular flexibility index (Phi) is 18.4. The van der Waals surface area contributed by atoms with E-state index in [-0.39, 0.29) is 101 Å². The first-order valence-electron chi connectivity index (χ1n) is 21.6. The van der Waals surface area contributed by atoms with Crippen LogP contribution in [0.4, 0.5) is 0 Å². The van der Waals surface area contributed by atoms with Gasteiger partial charge >= 0.3 is 11.9 Å². The molecule has 0 unspecified atom stereocenters. The molecule has 0 aromatic heterocycles. The van der Waals surface area contributed by atoms with Gasteiger partial charge in [-0.2, -0.15) is 0 Å². The number of ether oxygens (including phenoxy) is 6. The van der Waals surface area contributed by atoms with Gasteiger partial charge in [0.05, 0.1) is 64.6 Å². The van der Waals surface area contributed by atoms with Crippen molar-refractivity contribution in [3.05, 3.63) is 93.0 Å². The summed E-state index contributed by atoms with van der Waals surface area (Å²) in [6.07, 6.45) is 1.01. The van der Waals surface area contributed by atoms with E-state index in [0.29, 0.717) is 40.6 Å². The number of phenols is 4. The number of phenolic OH excluding ortho intramolecular Hbond substituents is 4. The Morgan fingerprint density at radius 3 is 1.33 bits per heavy atom. The largest absolute Gasteiger partial charge is 0.507 e. The first-order valence-corrected chi connectivity index (χ1v) is 21.6. The summed E-state index contributed by atoms with van der Waals surface area (Å²) in [6.45, 7) is 24.0. The van der Waals surface area contributed by atoms with E-state index in [9.17, 15) is 39.6 Å². The molecule has 0 amide bonds. The summed E-state index contributed by atoms with van der Waals surface area (Å²) in [7, 11) is 2.93. The van der Waals surface area contributed by atoms with E-state index in [4.69, 9.17) is 28.4 Å². The lowest BCUT2D eigenvalue weighted by Crippen LogP contribution is -2.16. The molecule has 0 heterocycles. The predicted octanol–water partition coefficient (Wildman–Crippen LogP) is 10.1. The Balaban J connectivity index is 0.000000361. The SMILES string of the molecule is COc1cc(C(C)(C)C)cc(COCc2cc(C(C)(C)C)cc(C=O)c2O)c1O.COc1cc(OC(=O)CCOCCC(=O)Oc2cc(C=O)c(O)c(C(C)(C)C)c2)cc(C(C)(C)C)c1O. The minimum Gasteiger partial charge on any atom is -0.507 e. The van der Waals surface area contributed by atoms with Gasteiger partial charge in [-0.15, -0.1) is 0 Å². The van der Waals surface area contributed by atoms with Crippen LogP contribution in [0, 0.1) is 0 Å². The van der Waals surface area contributed by atoms with Gasteiger partial charge in [0.1, 0.15) is 23.0 Å². The third-order valence-corrected chi connectivity index (χ3v) is 10.5. The van der Waals surface area contributed by atoms with Crippen molar-refractivity contribution < 1.29 is 68.0 Å². The summed E-state index contributed by atoms with van der Waals surface area (Å²) in [5.74, 6) is -0.312. The van der Waals surface area contributed by atoms with Crippen molar-refractivity contribution in [1.29, 1.82) is 0 Å². The predicted molar refractivity (Wildman–Crippen MR) is 251 cm³/mol. The molecule has 0 radical (unpaired) electrons. The van der Waals surface area contributed by atoms with Gasteiger partial charge in [-0.1, -0.05) is 83.1 Å². The fourth-order valence-electron chi connectivity index (χ4n) is 6.48. The number of aldehydes is 2. The molecule has 14 nitrogen and oxygen atoms in total. The molecule has 4 N–H and O–H groups in total. The zero-order valence-corrected chi connectivity index (χ0v) is 40.9. The van der Waals surface area contributed by atoms with Crippen LogP contribution in [0.5, 0.6) is 46.0 Å². The average molecular weight is 917 g/mol. The second-order valence-corrected chi connectivity index (χ2v) is 20.0. The Bertz CT molecular complexity index is 2350. The maximum absolute atomic E-state index is 12.3. The first kappa shape index (κ1) is 54.2. The van der Waals surface area contributed by atoms with E-state index in [1.165, 1.54) is 32.4 Å². The van der Waals surface area contributed by atoms with Crippen molar-refractivity contribution in [2.75, 3.05) is 27.4 Å². The lowest BCUT2D eigenvalue weighted by atomic mass is 9.85. The van der Waals surface area contributed by atoms with Crippen molar-refractivity contribution in [3.8, 4) is 46.0 Å². The molecule has 0 aliphatic rings. The number of carbonyl (C=O) groups excluding carboxylic acids is 4. The van der Waals surface area contributed by atoms with Crippen LogP contribution < -0.4 is 18.9 Å². The van der Waals surface area contributed by atoms with Gasteiger partial charge in [0.25, 0.3) is 0 Å². The molecule has 360 valence electrons. The Labute approximate surface area is 388 Å². The van der Waals surface area contributed by atoms with Crippen LogP contribution in [-0.2, 0) is 53.9 Å². The molecule has 0 saturated carbocycles. The first-order chi connectivity index (χ1) is 30.5. The summed E-state index contributed by atoms with van der Waals surface area (Å²) < 4.78 is 32.4. The van der Waals surface area contributed by atoms with E-state index in [0.717, 1.165) is 11.1 Å². The summed E-state index contributed by atoms with van der Waals surface area (Å²) in [4.78, 5) is 47.1. The zero-order valence-electron chi connectivity index (χ0n) is 40.9. The molecule has 4 aromatic carbocycles. The summed E-state index contributed by atoms with van der Waals surface area (Å²) in [5, 5.41) is 41.5. The van der Waals surface area contributed by atoms with Crippen LogP contribution >= 0.6 is 0 Å². The summed E-state index contributed by atoms with van der Waals surface area (Å²) in [5.41, 5.74) is 3.28. The normalized spacial score (nSPS) is 11.8. The maximum Gasteiger partial charge on any atom is 0.313 e. The standard InChI is InChI=1S/C28H36O9.C24H32O5/c1-27(2,3)20-13-18(12-17(16-29)25(20)32)36-23(30)8-10-35-11-9-24(31)37-19-14-21(28(4,5)6)26(33)22(15-19)34-7;1-23(2,3)18-8-15(12-25)21(26)16(9-18)13-29-14-17-10-19(24(4,5)6)11-20(28-7)22(17)27/h12-16,32-33H,8-11H2,1-7H3;8-12,26-27H,13-14H2,1-7H3. The summed E-state index contributed by atoms with van der Waals surface area (Å²) >= 11 is 0. The van der Waals surface area contributed by atoms with Crippen LogP contribution in [0.25, 0.3) is 0 Å². The molecule has 4 rings (SSSR count). The molecule has 66 heavy (non-hydrogen) atoms. The van der Waals surface area contributed by atoms with Crippen molar-refractivity contribution in [2.45, 2.75) is 131 Å². The van der Waals surface area contributed by atoms with Gasteiger partial charge < -0.3 is 48.8 Å². The van der Waals surface area contributed by atoms with E-state index in [2.05, 4.69) is 20.8 Å². The number of rotatable bonds is 16. The number of benzene rings is 4. The molecule has 0 atom stereocenters. The topological polar surface area (TPSA) is 205 Å². The van der Waals surface area contributed by atoms with E-state index < -0.39 is 22.8 Å². The molecular formula is C52H68O14. The Morgan fingerprint density at radius 2 is 0.894 bits per heavy atom. The van der Waals surface area contributed by atoms with Gasteiger partial charge in [-0.3, -0.25) is 19.2 Å². The zero-order chi connectivity index (χ0) is 49.9. The van der Waals surface area contributed by atoms with Crippen LogP contribution in [0.15, 0.2) is 48.5 Å². The quantitative estimate of drug-likeness (QED) is 0.0358. The van der Waals surface area contributed by atoms with Crippen LogP contribution in [-0.4, -0.2) is 72.4 Å². The maximum atomic E-state index is 12.3. The van der Waals surface area contributed by atoms with Crippen LogP contribution in [0.1, 0.15) is 150 Å². The molecule has 0 bridgehead atoms. The number of esters is 2. The van der Waals surface area contributed by atoms with Crippen LogP contribution in [0.2, 0.25) is 0 Å². The van der Waals surface area contributed by atoms with E-state index in [1.54, 1.807) is 12.1 Å². The minimum atomic E-state index is -0.587. The van der Waals surface area contributed by atoms with Crippen molar-refractivity contribution >= 4 is 24.5 Å². The van der Waals surface area contributed by atoms with Crippen molar-refractivity contribution in [3.63, 3.8) is 0 Å². The monoisotopic (exact) mass is 916 g/mol. The number of carbonyl (C=O) groups is 4. The number of hydrogen-bond donors (Lipinski definition) is 4. The van der Waals surface area contributed by atoms with E-state index in [1.807, 2.05) is 80.5 Å². The van der Waals surface area contributed by atoms with Crippen molar-refractivity contribution in [1.82, 2.24) is 0 Å². The fourth-order valence-corrected chi connectivity index (χ4v) is 6.48. The second-order valence-electron chi connectivity index (χ2n) is 20.0. The molecule has 0 spiro atoms. The highest BCUT2D eigenvalue weighted by Crippen LogP contribution is 2.42. The van der Waals surface area contributed by atoms with Gasteiger partial charge in [-0.05, 0) is 75.3 Å². The molecule has 0 fully saturated rings. The molecular weight excluding hydrogens is 849 g/mol. The number of hydrogen-bond acceptors (Lipinski definition) is 14. The van der Waals surface area contributed by atoms with Gasteiger partial charge in [0.2, 0.25) is 0 Å². The highest BCUT2D eigenvalue weighted by Gasteiger charge is 2.25. The molecule has 4 aromatic rings. The number of methoxy groups -OCH3 is 2. The second kappa shape index (κ2) is 22.4. The lowest BCUT2D eigenvalue weighted by molar-refractivity contribution is -0.136. The van der Waals surface area contributed by atoms with Crippen LogP contribution in [0.3, 0.4) is 0 Å². The summed E-state index contributed by atoms with van der Waals surface area (Å²) in [6, 6.07) is 13.1.